The normalized spacial score (nSPS) is 16.7. The molecule has 0 amide bonds. The molecule has 0 aromatic heterocycles. The lowest BCUT2D eigenvalue weighted by Crippen LogP contribution is -2.53. The summed E-state index contributed by atoms with van der Waals surface area (Å²) in [5.74, 6) is 0. The van der Waals surface area contributed by atoms with Gasteiger partial charge in [-0.05, 0) is 39.7 Å². The van der Waals surface area contributed by atoms with Crippen LogP contribution >= 0.6 is 0 Å². The van der Waals surface area contributed by atoms with E-state index in [9.17, 15) is 4.55 Å². The fourth-order valence-electron chi connectivity index (χ4n) is 1.55. The molecule has 0 fully saturated rings. The van der Waals surface area contributed by atoms with Crippen LogP contribution in [0.4, 0.5) is 0 Å². The van der Waals surface area contributed by atoms with E-state index in [4.69, 9.17) is 4.74 Å². The highest BCUT2D eigenvalue weighted by atomic mass is 32.2. The average molecular weight is 297 g/mol. The van der Waals surface area contributed by atoms with Crippen LogP contribution in [0.1, 0.15) is 46.6 Å². The molecule has 2 atom stereocenters. The van der Waals surface area contributed by atoms with Crippen LogP contribution in [0.3, 0.4) is 0 Å². The predicted molar refractivity (Wildman–Crippen MR) is 85.8 cm³/mol. The Morgan fingerprint density at radius 3 is 2.25 bits per heavy atom. The number of hydrogen-bond donors (Lipinski definition) is 1. The molecule has 4 heteroatoms. The fourth-order valence-corrected chi connectivity index (χ4v) is 2.51. The lowest BCUT2D eigenvalue weighted by molar-refractivity contribution is 0.0712. The van der Waals surface area contributed by atoms with Gasteiger partial charge in [-0.3, -0.25) is 0 Å². The zero-order valence-electron chi connectivity index (χ0n) is 13.2. The Hall–Kier alpha value is -0.550. The van der Waals surface area contributed by atoms with E-state index in [0.29, 0.717) is 13.2 Å². The first-order chi connectivity index (χ1) is 9.27. The lowest BCUT2D eigenvalue weighted by Gasteiger charge is -2.34. The minimum Gasteiger partial charge on any atom is -0.598 e. The summed E-state index contributed by atoms with van der Waals surface area (Å²) in [5, 5.41) is 0. The van der Waals surface area contributed by atoms with Gasteiger partial charge in [0, 0.05) is 11.4 Å². The van der Waals surface area contributed by atoms with E-state index in [1.165, 1.54) is 0 Å². The smallest absolute Gasteiger partial charge is 0.136 e. The van der Waals surface area contributed by atoms with Crippen LogP contribution in [-0.2, 0) is 22.7 Å². The summed E-state index contributed by atoms with van der Waals surface area (Å²) in [4.78, 5) is 0. The third-order valence-corrected chi connectivity index (χ3v) is 5.00. The molecule has 20 heavy (non-hydrogen) atoms. The van der Waals surface area contributed by atoms with Crippen LogP contribution in [0.15, 0.2) is 30.3 Å². The first kappa shape index (κ1) is 17.5. The van der Waals surface area contributed by atoms with Crippen LogP contribution in [-0.4, -0.2) is 21.4 Å². The van der Waals surface area contributed by atoms with Gasteiger partial charge in [0.2, 0.25) is 0 Å². The molecule has 0 saturated carbocycles. The number of rotatable bonds is 7. The summed E-state index contributed by atoms with van der Waals surface area (Å²) in [7, 11) is 0. The van der Waals surface area contributed by atoms with Gasteiger partial charge >= 0.3 is 0 Å². The molecule has 0 aliphatic carbocycles. The van der Waals surface area contributed by atoms with Gasteiger partial charge < -0.3 is 9.29 Å². The van der Waals surface area contributed by atoms with Crippen LogP contribution in [0, 0.1) is 0 Å². The zero-order valence-corrected chi connectivity index (χ0v) is 14.0. The van der Waals surface area contributed by atoms with E-state index in [-0.39, 0.29) is 10.3 Å². The SMILES string of the molecule is CCC(C)(COCc1ccccc1)N[S+]([O-])C(C)(C)C. The molecular formula is C16H27NO2S. The maximum atomic E-state index is 12.2. The Balaban J connectivity index is 2.49. The van der Waals surface area contributed by atoms with E-state index in [2.05, 4.69) is 18.6 Å². The van der Waals surface area contributed by atoms with Crippen molar-refractivity contribution >= 4 is 11.4 Å². The molecule has 0 heterocycles. The van der Waals surface area contributed by atoms with Crippen LogP contribution in [0.25, 0.3) is 0 Å². The first-order valence-electron chi connectivity index (χ1n) is 7.08. The third-order valence-electron chi connectivity index (χ3n) is 3.21. The Kier molecular flexibility index (Phi) is 6.52. The summed E-state index contributed by atoms with van der Waals surface area (Å²) < 4.78 is 21.0. The van der Waals surface area contributed by atoms with Crippen molar-refractivity contribution in [2.45, 2.75) is 57.9 Å². The van der Waals surface area contributed by atoms with Gasteiger partial charge in [-0.25, -0.2) is 0 Å². The van der Waals surface area contributed by atoms with Crippen LogP contribution in [0.2, 0.25) is 0 Å². The highest BCUT2D eigenvalue weighted by Gasteiger charge is 2.34. The van der Waals surface area contributed by atoms with Gasteiger partial charge in [0.1, 0.15) is 4.75 Å². The lowest BCUT2D eigenvalue weighted by atomic mass is 10.0. The zero-order chi connectivity index (χ0) is 15.2. The van der Waals surface area contributed by atoms with Crippen molar-refractivity contribution in [2.24, 2.45) is 0 Å². The van der Waals surface area contributed by atoms with Crippen molar-refractivity contribution in [2.75, 3.05) is 6.61 Å². The van der Waals surface area contributed by atoms with Gasteiger partial charge in [0.15, 0.2) is 0 Å². The average Bonchev–Trinajstić information content (AvgIpc) is 2.39. The maximum absolute atomic E-state index is 12.2. The van der Waals surface area contributed by atoms with E-state index < -0.39 is 11.4 Å². The van der Waals surface area contributed by atoms with Crippen LogP contribution in [0.5, 0.6) is 0 Å². The Morgan fingerprint density at radius 2 is 1.75 bits per heavy atom. The summed E-state index contributed by atoms with van der Waals surface area (Å²) >= 11 is -1.08. The Bertz CT molecular complexity index is 391. The molecule has 1 aromatic carbocycles. The number of nitrogens with one attached hydrogen (secondary N) is 1. The van der Waals surface area contributed by atoms with Gasteiger partial charge in [-0.15, -0.1) is 4.72 Å². The second-order valence-electron chi connectivity index (χ2n) is 6.38. The largest absolute Gasteiger partial charge is 0.598 e. The maximum Gasteiger partial charge on any atom is 0.136 e. The molecule has 0 aliphatic rings. The molecule has 0 radical (unpaired) electrons. The minimum atomic E-state index is -1.08. The van der Waals surface area contributed by atoms with Crippen molar-refractivity contribution in [3.63, 3.8) is 0 Å². The van der Waals surface area contributed by atoms with Gasteiger partial charge in [-0.2, -0.15) is 0 Å². The topological polar surface area (TPSA) is 44.3 Å². The van der Waals surface area contributed by atoms with E-state index in [0.717, 1.165) is 12.0 Å². The van der Waals surface area contributed by atoms with E-state index in [1.54, 1.807) is 0 Å². The van der Waals surface area contributed by atoms with Crippen molar-refractivity contribution in [1.29, 1.82) is 0 Å². The molecule has 1 N–H and O–H groups in total. The van der Waals surface area contributed by atoms with Crippen molar-refractivity contribution in [1.82, 2.24) is 4.72 Å². The minimum absolute atomic E-state index is 0.268. The molecule has 3 nitrogen and oxygen atoms in total. The van der Waals surface area contributed by atoms with Crippen molar-refractivity contribution < 1.29 is 9.29 Å². The standard InChI is InChI=1S/C16H27NO2S/c1-6-16(5,17-20(18)15(2,3)4)13-19-12-14-10-8-7-9-11-14/h7-11,17H,6,12-13H2,1-5H3. The number of ether oxygens (including phenoxy) is 1. The molecule has 2 unspecified atom stereocenters. The van der Waals surface area contributed by atoms with Gasteiger partial charge in [-0.1, -0.05) is 37.3 Å². The monoisotopic (exact) mass is 297 g/mol. The Morgan fingerprint density at radius 1 is 1.15 bits per heavy atom. The quantitative estimate of drug-likeness (QED) is 0.784. The summed E-state index contributed by atoms with van der Waals surface area (Å²) in [6.07, 6.45) is 0.865. The third kappa shape index (κ3) is 5.83. The van der Waals surface area contributed by atoms with Crippen molar-refractivity contribution in [3.8, 4) is 0 Å². The highest BCUT2D eigenvalue weighted by Crippen LogP contribution is 2.20. The van der Waals surface area contributed by atoms with E-state index in [1.807, 2.05) is 51.1 Å². The first-order valence-corrected chi connectivity index (χ1v) is 8.23. The molecule has 0 aliphatic heterocycles. The Labute approximate surface area is 126 Å². The summed E-state index contributed by atoms with van der Waals surface area (Å²) in [5.41, 5.74) is 0.885. The fraction of sp³-hybridized carbons (Fsp3) is 0.625. The number of benzene rings is 1. The molecule has 1 rings (SSSR count). The highest BCUT2D eigenvalue weighted by molar-refractivity contribution is 7.90. The molecule has 114 valence electrons. The second kappa shape index (κ2) is 7.46. The van der Waals surface area contributed by atoms with Crippen molar-refractivity contribution in [3.05, 3.63) is 35.9 Å². The summed E-state index contributed by atoms with van der Waals surface area (Å²) in [6, 6.07) is 10.1. The molecule has 0 saturated heterocycles. The van der Waals surface area contributed by atoms with E-state index >= 15 is 0 Å². The molecule has 0 bridgehead atoms. The van der Waals surface area contributed by atoms with Gasteiger partial charge in [0.05, 0.1) is 18.8 Å². The summed E-state index contributed by atoms with van der Waals surface area (Å²) in [6.45, 7) is 11.2. The van der Waals surface area contributed by atoms with Gasteiger partial charge in [0.25, 0.3) is 0 Å². The second-order valence-corrected chi connectivity index (χ2v) is 8.34. The van der Waals surface area contributed by atoms with Crippen LogP contribution < -0.4 is 4.72 Å². The molecule has 0 spiro atoms. The molecular weight excluding hydrogens is 270 g/mol. The number of hydrogen-bond acceptors (Lipinski definition) is 3. The molecule has 1 aromatic rings. The predicted octanol–water partition coefficient (Wildman–Crippen LogP) is 3.42.